The molecule has 1 N–H and O–H groups in total. The molecule has 0 aliphatic carbocycles. The zero-order valence-corrected chi connectivity index (χ0v) is 12.7. The van der Waals surface area contributed by atoms with E-state index in [1.807, 2.05) is 6.92 Å². The van der Waals surface area contributed by atoms with Crippen LogP contribution in [0.2, 0.25) is 5.02 Å². The molecule has 0 bridgehead atoms. The van der Waals surface area contributed by atoms with Crippen LogP contribution in [0, 0.1) is 0 Å². The van der Waals surface area contributed by atoms with Crippen molar-refractivity contribution < 1.29 is 9.53 Å². The number of carbonyl (C=O) groups is 1. The van der Waals surface area contributed by atoms with E-state index in [9.17, 15) is 4.79 Å². The summed E-state index contributed by atoms with van der Waals surface area (Å²) < 4.78 is 5.52. The maximum atomic E-state index is 12.0. The van der Waals surface area contributed by atoms with E-state index in [2.05, 4.69) is 15.5 Å². The summed E-state index contributed by atoms with van der Waals surface area (Å²) in [5.74, 6) is 0.322. The van der Waals surface area contributed by atoms with Crippen LogP contribution in [0.15, 0.2) is 24.3 Å². The minimum atomic E-state index is -0.634. The van der Waals surface area contributed by atoms with Gasteiger partial charge in [0.05, 0.1) is 0 Å². The zero-order valence-electron chi connectivity index (χ0n) is 11.1. The van der Waals surface area contributed by atoms with Crippen LogP contribution in [0.1, 0.15) is 18.9 Å². The maximum absolute atomic E-state index is 12.0. The zero-order chi connectivity index (χ0) is 14.5. The first-order valence-corrected chi connectivity index (χ1v) is 7.33. The number of anilines is 1. The molecule has 0 aliphatic heterocycles. The molecule has 1 amide bonds. The number of carbonyl (C=O) groups excluding carboxylic acids is 1. The van der Waals surface area contributed by atoms with Crippen molar-refractivity contribution in [1.29, 1.82) is 0 Å². The normalized spacial score (nSPS) is 11.9. The largest absolute Gasteiger partial charge is 0.481 e. The Kier molecular flexibility index (Phi) is 4.92. The number of rotatable bonds is 5. The van der Waals surface area contributed by atoms with E-state index < -0.39 is 6.10 Å². The number of benzene rings is 1. The highest BCUT2D eigenvalue weighted by Gasteiger charge is 2.16. The second-order valence-corrected chi connectivity index (χ2v) is 5.56. The van der Waals surface area contributed by atoms with Crippen LogP contribution in [0.3, 0.4) is 0 Å². The number of nitrogens with one attached hydrogen (secondary N) is 1. The average molecular weight is 312 g/mol. The van der Waals surface area contributed by atoms with Gasteiger partial charge in [0.15, 0.2) is 6.10 Å². The summed E-state index contributed by atoms with van der Waals surface area (Å²) in [6.07, 6.45) is 0.162. The van der Waals surface area contributed by atoms with Crippen molar-refractivity contribution in [2.75, 3.05) is 5.32 Å². The lowest BCUT2D eigenvalue weighted by Gasteiger charge is -2.13. The molecular weight excluding hydrogens is 298 g/mol. The van der Waals surface area contributed by atoms with E-state index in [0.29, 0.717) is 15.9 Å². The standard InChI is InChI=1S/C13H14ClN3O2S/c1-3-11-16-17-13(20-11)15-12(18)8(2)19-10-6-4-9(14)5-7-10/h4-8H,3H2,1-2H3,(H,15,17,18)/t8-/m1/s1. The van der Waals surface area contributed by atoms with Crippen LogP contribution in [0.5, 0.6) is 5.75 Å². The summed E-state index contributed by atoms with van der Waals surface area (Å²) in [5.41, 5.74) is 0. The molecule has 0 fully saturated rings. The third-order valence-corrected chi connectivity index (χ3v) is 3.73. The molecule has 2 rings (SSSR count). The van der Waals surface area contributed by atoms with Crippen molar-refractivity contribution in [3.05, 3.63) is 34.3 Å². The SMILES string of the molecule is CCc1nnc(NC(=O)[C@@H](C)Oc2ccc(Cl)cc2)s1. The quantitative estimate of drug-likeness (QED) is 0.921. The van der Waals surface area contributed by atoms with E-state index in [0.717, 1.165) is 11.4 Å². The molecule has 1 aromatic carbocycles. The van der Waals surface area contributed by atoms with Gasteiger partial charge in [-0.25, -0.2) is 0 Å². The Bertz CT molecular complexity index is 586. The average Bonchev–Trinajstić information content (AvgIpc) is 2.89. The van der Waals surface area contributed by atoms with Gasteiger partial charge in [0.2, 0.25) is 5.13 Å². The Labute approximate surface area is 125 Å². The number of halogens is 1. The topological polar surface area (TPSA) is 64.1 Å². The maximum Gasteiger partial charge on any atom is 0.266 e. The third-order valence-electron chi connectivity index (χ3n) is 2.50. The molecule has 0 radical (unpaired) electrons. The Morgan fingerprint density at radius 1 is 1.40 bits per heavy atom. The lowest BCUT2D eigenvalue weighted by molar-refractivity contribution is -0.122. The highest BCUT2D eigenvalue weighted by molar-refractivity contribution is 7.15. The van der Waals surface area contributed by atoms with Gasteiger partial charge in [0, 0.05) is 5.02 Å². The van der Waals surface area contributed by atoms with Crippen molar-refractivity contribution in [3.63, 3.8) is 0 Å². The smallest absolute Gasteiger partial charge is 0.266 e. The second kappa shape index (κ2) is 6.67. The number of hydrogen-bond acceptors (Lipinski definition) is 5. The molecule has 106 valence electrons. The molecule has 0 saturated carbocycles. The molecule has 0 unspecified atom stereocenters. The van der Waals surface area contributed by atoms with E-state index in [1.54, 1.807) is 31.2 Å². The van der Waals surface area contributed by atoms with Crippen LogP contribution in [-0.2, 0) is 11.2 Å². The van der Waals surface area contributed by atoms with Gasteiger partial charge in [-0.3, -0.25) is 10.1 Å². The summed E-state index contributed by atoms with van der Waals surface area (Å²) in [6.45, 7) is 3.66. The predicted molar refractivity (Wildman–Crippen MR) is 79.5 cm³/mol. The third kappa shape index (κ3) is 3.91. The second-order valence-electron chi connectivity index (χ2n) is 4.06. The molecule has 7 heteroatoms. The van der Waals surface area contributed by atoms with Crippen LogP contribution in [-0.4, -0.2) is 22.2 Å². The summed E-state index contributed by atoms with van der Waals surface area (Å²) in [5, 5.41) is 12.5. The Hall–Kier alpha value is -1.66. The molecule has 1 atom stereocenters. The highest BCUT2D eigenvalue weighted by atomic mass is 35.5. The summed E-state index contributed by atoms with van der Waals surface area (Å²) in [7, 11) is 0. The number of aryl methyl sites for hydroxylation is 1. The monoisotopic (exact) mass is 311 g/mol. The Balaban J connectivity index is 1.93. The highest BCUT2D eigenvalue weighted by Crippen LogP contribution is 2.18. The van der Waals surface area contributed by atoms with Gasteiger partial charge in [0.25, 0.3) is 5.91 Å². The van der Waals surface area contributed by atoms with Gasteiger partial charge in [-0.2, -0.15) is 0 Å². The number of aromatic nitrogens is 2. The Morgan fingerprint density at radius 3 is 2.70 bits per heavy atom. The van der Waals surface area contributed by atoms with Crippen LogP contribution in [0.4, 0.5) is 5.13 Å². The summed E-state index contributed by atoms with van der Waals surface area (Å²) >= 11 is 7.15. The van der Waals surface area contributed by atoms with Crippen molar-refractivity contribution in [1.82, 2.24) is 10.2 Å². The molecule has 5 nitrogen and oxygen atoms in total. The first-order chi connectivity index (χ1) is 9.58. The number of ether oxygens (including phenoxy) is 1. The summed E-state index contributed by atoms with van der Waals surface area (Å²) in [6, 6.07) is 6.85. The first-order valence-electron chi connectivity index (χ1n) is 6.14. The Morgan fingerprint density at radius 2 is 2.10 bits per heavy atom. The van der Waals surface area contributed by atoms with Gasteiger partial charge >= 0.3 is 0 Å². The lowest BCUT2D eigenvalue weighted by Crippen LogP contribution is -2.30. The molecular formula is C13H14ClN3O2S. The lowest BCUT2D eigenvalue weighted by atomic mass is 10.3. The van der Waals surface area contributed by atoms with Crippen molar-refractivity contribution >= 4 is 34.0 Å². The fourth-order valence-electron chi connectivity index (χ4n) is 1.42. The van der Waals surface area contributed by atoms with Crippen LogP contribution < -0.4 is 10.1 Å². The molecule has 0 spiro atoms. The molecule has 1 heterocycles. The molecule has 0 saturated heterocycles. The molecule has 0 aliphatic rings. The minimum absolute atomic E-state index is 0.265. The number of amides is 1. The van der Waals surface area contributed by atoms with Gasteiger partial charge < -0.3 is 4.74 Å². The van der Waals surface area contributed by atoms with Gasteiger partial charge in [-0.05, 0) is 37.6 Å². The minimum Gasteiger partial charge on any atom is -0.481 e. The van der Waals surface area contributed by atoms with Crippen molar-refractivity contribution in [2.45, 2.75) is 26.4 Å². The van der Waals surface area contributed by atoms with Crippen molar-refractivity contribution in [2.24, 2.45) is 0 Å². The van der Waals surface area contributed by atoms with Crippen molar-refractivity contribution in [3.8, 4) is 5.75 Å². The van der Waals surface area contributed by atoms with Gasteiger partial charge in [0.1, 0.15) is 10.8 Å². The van der Waals surface area contributed by atoms with E-state index in [-0.39, 0.29) is 5.91 Å². The van der Waals surface area contributed by atoms with E-state index in [1.165, 1.54) is 11.3 Å². The molecule has 1 aromatic heterocycles. The number of nitrogens with zero attached hydrogens (tertiary/aromatic N) is 2. The van der Waals surface area contributed by atoms with Crippen LogP contribution >= 0.6 is 22.9 Å². The first kappa shape index (κ1) is 14.7. The van der Waals surface area contributed by atoms with Crippen LogP contribution in [0.25, 0.3) is 0 Å². The van der Waals surface area contributed by atoms with E-state index >= 15 is 0 Å². The van der Waals surface area contributed by atoms with Gasteiger partial charge in [-0.15, -0.1) is 10.2 Å². The molecule has 2 aromatic rings. The fraction of sp³-hybridized carbons (Fsp3) is 0.308. The predicted octanol–water partition coefficient (Wildman–Crippen LogP) is 3.16. The van der Waals surface area contributed by atoms with E-state index in [4.69, 9.17) is 16.3 Å². The number of hydrogen-bond donors (Lipinski definition) is 1. The summed E-state index contributed by atoms with van der Waals surface area (Å²) in [4.78, 5) is 12.0. The van der Waals surface area contributed by atoms with Gasteiger partial charge in [-0.1, -0.05) is 29.9 Å². The molecule has 20 heavy (non-hydrogen) atoms. The fourth-order valence-corrected chi connectivity index (χ4v) is 2.23.